The van der Waals surface area contributed by atoms with Crippen molar-refractivity contribution in [1.82, 2.24) is 10.1 Å². The third kappa shape index (κ3) is 5.30. The van der Waals surface area contributed by atoms with Gasteiger partial charge in [0.25, 0.3) is 0 Å². The average molecular weight is 355 g/mol. The number of aryl methyl sites for hydroxylation is 2. The van der Waals surface area contributed by atoms with E-state index in [1.165, 1.54) is 5.56 Å². The molecule has 0 spiro atoms. The zero-order valence-electron chi connectivity index (χ0n) is 13.8. The van der Waals surface area contributed by atoms with Crippen molar-refractivity contribution in [2.24, 2.45) is 5.73 Å². The molecule has 0 bridgehead atoms. The van der Waals surface area contributed by atoms with Crippen molar-refractivity contribution in [2.45, 2.75) is 51.1 Å². The molecule has 0 aliphatic carbocycles. The molecule has 1 atom stereocenters. The Balaban J connectivity index is 1.87. The Labute approximate surface area is 143 Å². The molecule has 2 N–H and O–H groups in total. The van der Waals surface area contributed by atoms with Crippen LogP contribution in [-0.2, 0) is 23.8 Å². The van der Waals surface area contributed by atoms with Gasteiger partial charge in [0.2, 0.25) is 5.91 Å². The van der Waals surface area contributed by atoms with Gasteiger partial charge in [-0.2, -0.15) is 18.2 Å². The molecule has 136 valence electrons. The normalized spacial score (nSPS) is 13.0. The fraction of sp³-hybridized carbons (Fsp3) is 0.471. The number of nitrogens with zero attached hydrogens (tertiary/aromatic N) is 2. The summed E-state index contributed by atoms with van der Waals surface area (Å²) in [5, 5.41) is 3.31. The second-order valence-corrected chi connectivity index (χ2v) is 5.81. The van der Waals surface area contributed by atoms with Gasteiger partial charge in [0.15, 0.2) is 5.82 Å². The Morgan fingerprint density at radius 2 is 1.92 bits per heavy atom. The van der Waals surface area contributed by atoms with Crippen molar-refractivity contribution in [3.05, 3.63) is 47.1 Å². The number of alkyl halides is 3. The Hall–Kier alpha value is -2.38. The molecule has 0 saturated carbocycles. The monoisotopic (exact) mass is 355 g/mol. The van der Waals surface area contributed by atoms with E-state index in [2.05, 4.69) is 14.7 Å². The van der Waals surface area contributed by atoms with E-state index >= 15 is 0 Å². The molecule has 2 aromatic rings. The van der Waals surface area contributed by atoms with E-state index in [9.17, 15) is 18.0 Å². The summed E-state index contributed by atoms with van der Waals surface area (Å²) in [4.78, 5) is 15.0. The number of benzene rings is 1. The zero-order chi connectivity index (χ0) is 18.4. The third-order valence-electron chi connectivity index (χ3n) is 3.99. The Morgan fingerprint density at radius 3 is 2.44 bits per heavy atom. The van der Waals surface area contributed by atoms with Gasteiger partial charge < -0.3 is 10.3 Å². The topological polar surface area (TPSA) is 82.0 Å². The van der Waals surface area contributed by atoms with Gasteiger partial charge in [0.05, 0.1) is 5.92 Å². The van der Waals surface area contributed by atoms with Gasteiger partial charge in [-0.25, -0.2) is 0 Å². The molecule has 8 heteroatoms. The van der Waals surface area contributed by atoms with Crippen LogP contribution in [0.5, 0.6) is 0 Å². The Morgan fingerprint density at radius 1 is 1.24 bits per heavy atom. The fourth-order valence-electron chi connectivity index (χ4n) is 2.56. The minimum Gasteiger partial charge on any atom is -0.369 e. The number of carbonyl (C=O) groups excluding carboxylic acids is 1. The van der Waals surface area contributed by atoms with Crippen LogP contribution in [0.15, 0.2) is 28.8 Å². The highest BCUT2D eigenvalue weighted by Gasteiger charge is 2.38. The van der Waals surface area contributed by atoms with Gasteiger partial charge in [0, 0.05) is 6.42 Å². The van der Waals surface area contributed by atoms with E-state index < -0.39 is 23.9 Å². The predicted molar refractivity (Wildman–Crippen MR) is 84.6 cm³/mol. The standard InChI is InChI=1S/C17H20F3N3O2/c1-2-11-7-9-12(10-8-11)13(15(21)24)5-3-4-6-14-22-16(25-23-14)17(18,19)20/h7-10,13H,2-6H2,1H3,(H2,21,24). The molecule has 25 heavy (non-hydrogen) atoms. The van der Waals surface area contributed by atoms with Crippen molar-refractivity contribution in [3.63, 3.8) is 0 Å². The van der Waals surface area contributed by atoms with Crippen LogP contribution in [0.2, 0.25) is 0 Å². The van der Waals surface area contributed by atoms with Crippen molar-refractivity contribution in [3.8, 4) is 0 Å². The highest BCUT2D eigenvalue weighted by atomic mass is 19.4. The van der Waals surface area contributed by atoms with E-state index in [1.54, 1.807) is 0 Å². The molecule has 0 fully saturated rings. The summed E-state index contributed by atoms with van der Waals surface area (Å²) < 4.78 is 41.3. The number of amides is 1. The summed E-state index contributed by atoms with van der Waals surface area (Å²) in [6, 6.07) is 7.71. The molecule has 1 aromatic heterocycles. The first-order valence-corrected chi connectivity index (χ1v) is 8.09. The van der Waals surface area contributed by atoms with Crippen molar-refractivity contribution in [1.29, 1.82) is 0 Å². The Bertz CT molecular complexity index is 696. The number of carbonyl (C=O) groups is 1. The molecule has 1 aromatic carbocycles. The summed E-state index contributed by atoms with van der Waals surface area (Å²) in [7, 11) is 0. The van der Waals surface area contributed by atoms with Gasteiger partial charge in [-0.15, -0.1) is 0 Å². The molecule has 0 saturated heterocycles. The van der Waals surface area contributed by atoms with Crippen LogP contribution >= 0.6 is 0 Å². The van der Waals surface area contributed by atoms with Crippen LogP contribution in [0.1, 0.15) is 54.9 Å². The summed E-state index contributed by atoms with van der Waals surface area (Å²) >= 11 is 0. The molecule has 0 aliphatic heterocycles. The molecule has 0 aliphatic rings. The highest BCUT2D eigenvalue weighted by molar-refractivity contribution is 5.81. The van der Waals surface area contributed by atoms with E-state index in [4.69, 9.17) is 5.73 Å². The smallest absolute Gasteiger partial charge is 0.369 e. The molecular formula is C17H20F3N3O2. The molecule has 2 rings (SSSR count). The molecular weight excluding hydrogens is 335 g/mol. The zero-order valence-corrected chi connectivity index (χ0v) is 13.8. The third-order valence-corrected chi connectivity index (χ3v) is 3.99. The van der Waals surface area contributed by atoms with Crippen molar-refractivity contribution < 1.29 is 22.5 Å². The summed E-state index contributed by atoms with van der Waals surface area (Å²) in [5.41, 5.74) is 7.50. The van der Waals surface area contributed by atoms with Crippen LogP contribution < -0.4 is 5.73 Å². The number of rotatable bonds is 8. The molecule has 1 unspecified atom stereocenters. The van der Waals surface area contributed by atoms with Gasteiger partial charge in [-0.05, 0) is 30.4 Å². The first kappa shape index (κ1) is 19.0. The number of hydrogen-bond acceptors (Lipinski definition) is 4. The van der Waals surface area contributed by atoms with Crippen LogP contribution in [0.4, 0.5) is 13.2 Å². The highest BCUT2D eigenvalue weighted by Crippen LogP contribution is 2.28. The second kappa shape index (κ2) is 8.13. The second-order valence-electron chi connectivity index (χ2n) is 5.81. The molecule has 1 amide bonds. The van der Waals surface area contributed by atoms with E-state index in [-0.39, 0.29) is 12.2 Å². The maximum absolute atomic E-state index is 12.4. The van der Waals surface area contributed by atoms with E-state index in [1.807, 2.05) is 31.2 Å². The van der Waals surface area contributed by atoms with Crippen molar-refractivity contribution >= 4 is 5.91 Å². The number of hydrogen-bond donors (Lipinski definition) is 1. The van der Waals surface area contributed by atoms with E-state index in [0.717, 1.165) is 12.0 Å². The summed E-state index contributed by atoms with van der Waals surface area (Å²) in [5.74, 6) is -2.16. The first-order valence-electron chi connectivity index (χ1n) is 8.09. The van der Waals surface area contributed by atoms with Gasteiger partial charge in [-0.3, -0.25) is 4.79 Å². The van der Waals surface area contributed by atoms with Gasteiger partial charge in [-0.1, -0.05) is 42.8 Å². The Kier molecular flexibility index (Phi) is 6.17. The lowest BCUT2D eigenvalue weighted by Crippen LogP contribution is -2.21. The maximum atomic E-state index is 12.4. The largest absolute Gasteiger partial charge is 0.471 e. The number of primary amides is 1. The molecule has 5 nitrogen and oxygen atoms in total. The van der Waals surface area contributed by atoms with Crippen LogP contribution in [0.3, 0.4) is 0 Å². The number of aromatic nitrogens is 2. The predicted octanol–water partition coefficient (Wildman–Crippen LogP) is 3.63. The van der Waals surface area contributed by atoms with Crippen LogP contribution in [-0.4, -0.2) is 16.0 Å². The lowest BCUT2D eigenvalue weighted by atomic mass is 9.91. The molecule has 1 heterocycles. The number of nitrogens with two attached hydrogens (primary N) is 1. The SMILES string of the molecule is CCc1ccc(C(CCCCc2noc(C(F)(F)F)n2)C(N)=O)cc1. The van der Waals surface area contributed by atoms with Crippen LogP contribution in [0, 0.1) is 0 Å². The first-order chi connectivity index (χ1) is 11.8. The van der Waals surface area contributed by atoms with E-state index in [0.29, 0.717) is 19.3 Å². The number of halogens is 3. The van der Waals surface area contributed by atoms with Crippen LogP contribution in [0.25, 0.3) is 0 Å². The lowest BCUT2D eigenvalue weighted by Gasteiger charge is -2.14. The van der Waals surface area contributed by atoms with Gasteiger partial charge >= 0.3 is 12.1 Å². The van der Waals surface area contributed by atoms with Crippen molar-refractivity contribution in [2.75, 3.05) is 0 Å². The molecule has 0 radical (unpaired) electrons. The summed E-state index contributed by atoms with van der Waals surface area (Å²) in [6.45, 7) is 2.04. The minimum absolute atomic E-state index is 0.00949. The minimum atomic E-state index is -4.63. The maximum Gasteiger partial charge on any atom is 0.471 e. The quantitative estimate of drug-likeness (QED) is 0.733. The fourth-order valence-corrected chi connectivity index (χ4v) is 2.56. The lowest BCUT2D eigenvalue weighted by molar-refractivity contribution is -0.159. The summed E-state index contributed by atoms with van der Waals surface area (Å²) in [6.07, 6.45) is -1.81. The average Bonchev–Trinajstić information content (AvgIpc) is 3.04. The van der Waals surface area contributed by atoms with Gasteiger partial charge in [0.1, 0.15) is 0 Å². The number of unbranched alkanes of at least 4 members (excludes halogenated alkanes) is 1.